The van der Waals surface area contributed by atoms with Gasteiger partial charge in [0.15, 0.2) is 11.6 Å². The van der Waals surface area contributed by atoms with Crippen molar-refractivity contribution in [1.29, 1.82) is 0 Å². The van der Waals surface area contributed by atoms with Crippen LogP contribution in [0.5, 0.6) is 11.6 Å². The molecule has 4 atom stereocenters. The highest BCUT2D eigenvalue weighted by molar-refractivity contribution is 6.37. The average Bonchev–Trinajstić information content (AvgIpc) is 3.49. The van der Waals surface area contributed by atoms with Crippen molar-refractivity contribution in [2.45, 2.75) is 63.8 Å². The Morgan fingerprint density at radius 1 is 1.23 bits per heavy atom. The molecule has 14 heteroatoms. The number of benzene rings is 2. The molecule has 0 spiro atoms. The SMILES string of the molecule is CCCCOC(=O)N1[C@@H]2CC[C@H]1[C@@H]([C@H](C)Oc1c(Cl)c(-c3c(F)ccc4cnn(C)c34)c(F)c3nc(Cl)nc(O)c13)NC2. The summed E-state index contributed by atoms with van der Waals surface area (Å²) in [6, 6.07) is 2.11. The number of unbranched alkanes of at least 4 members (excludes halogenated alkanes) is 1. The maximum atomic E-state index is 16.3. The van der Waals surface area contributed by atoms with Gasteiger partial charge in [0, 0.05) is 36.1 Å². The third kappa shape index (κ3) is 4.98. The molecule has 0 unspecified atom stereocenters. The average molecular weight is 635 g/mol. The van der Waals surface area contributed by atoms with Crippen molar-refractivity contribution in [3.05, 3.63) is 40.3 Å². The Kier molecular flexibility index (Phi) is 7.95. The van der Waals surface area contributed by atoms with E-state index in [9.17, 15) is 9.90 Å². The molecule has 2 aromatic heterocycles. The molecule has 6 rings (SSSR count). The summed E-state index contributed by atoms with van der Waals surface area (Å²) in [7, 11) is 1.60. The van der Waals surface area contributed by atoms with Crippen molar-refractivity contribution >= 4 is 51.1 Å². The zero-order chi connectivity index (χ0) is 30.6. The van der Waals surface area contributed by atoms with Gasteiger partial charge < -0.3 is 19.9 Å². The first-order chi connectivity index (χ1) is 20.6. The van der Waals surface area contributed by atoms with Gasteiger partial charge in [0.1, 0.15) is 22.8 Å². The molecule has 1 amide bonds. The monoisotopic (exact) mass is 634 g/mol. The van der Waals surface area contributed by atoms with Gasteiger partial charge in [0.2, 0.25) is 11.2 Å². The molecule has 43 heavy (non-hydrogen) atoms. The van der Waals surface area contributed by atoms with Gasteiger partial charge in [-0.25, -0.2) is 18.6 Å². The van der Waals surface area contributed by atoms with E-state index in [1.165, 1.54) is 23.0 Å². The molecule has 0 radical (unpaired) electrons. The lowest BCUT2D eigenvalue weighted by atomic mass is 9.98. The molecule has 10 nitrogen and oxygen atoms in total. The second-order valence-electron chi connectivity index (χ2n) is 10.9. The molecule has 2 aromatic carbocycles. The minimum absolute atomic E-state index is 0.00800. The molecule has 2 fully saturated rings. The molecule has 4 heterocycles. The number of carbonyl (C=O) groups excluding carboxylic acids is 1. The number of hydrogen-bond acceptors (Lipinski definition) is 8. The number of aromatic hydroxyl groups is 1. The molecule has 2 aliphatic rings. The molecular weight excluding hydrogens is 605 g/mol. The quantitative estimate of drug-likeness (QED) is 0.188. The molecule has 2 aliphatic heterocycles. The number of amides is 1. The lowest BCUT2D eigenvalue weighted by Crippen LogP contribution is -2.63. The van der Waals surface area contributed by atoms with E-state index in [0.717, 1.165) is 25.7 Å². The van der Waals surface area contributed by atoms with Gasteiger partial charge in [-0.1, -0.05) is 24.9 Å². The first-order valence-electron chi connectivity index (χ1n) is 14.1. The van der Waals surface area contributed by atoms with Gasteiger partial charge in [0.25, 0.3) is 0 Å². The molecule has 0 aliphatic carbocycles. The van der Waals surface area contributed by atoms with Crippen molar-refractivity contribution < 1.29 is 28.2 Å². The Morgan fingerprint density at radius 3 is 2.79 bits per heavy atom. The summed E-state index contributed by atoms with van der Waals surface area (Å²) < 4.78 is 45.2. The zero-order valence-corrected chi connectivity index (χ0v) is 25.2. The Hall–Kier alpha value is -3.48. The fraction of sp³-hybridized carbons (Fsp3) is 0.448. The van der Waals surface area contributed by atoms with Crippen molar-refractivity contribution in [3.63, 3.8) is 0 Å². The van der Waals surface area contributed by atoms with E-state index >= 15 is 8.78 Å². The highest BCUT2D eigenvalue weighted by Crippen LogP contribution is 2.48. The fourth-order valence-corrected chi connectivity index (χ4v) is 6.79. The third-order valence-electron chi connectivity index (χ3n) is 8.33. The van der Waals surface area contributed by atoms with E-state index in [1.54, 1.807) is 18.9 Å². The fourth-order valence-electron chi connectivity index (χ4n) is 6.31. The minimum Gasteiger partial charge on any atom is -0.493 e. The largest absolute Gasteiger partial charge is 0.493 e. The van der Waals surface area contributed by atoms with Gasteiger partial charge in [-0.05, 0) is 49.9 Å². The van der Waals surface area contributed by atoms with Crippen LogP contribution in [0.4, 0.5) is 13.6 Å². The summed E-state index contributed by atoms with van der Waals surface area (Å²) in [6.07, 6.45) is 3.70. The third-order valence-corrected chi connectivity index (χ3v) is 8.86. The predicted molar refractivity (Wildman–Crippen MR) is 158 cm³/mol. The smallest absolute Gasteiger partial charge is 0.410 e. The number of fused-ring (bicyclic) bond motifs is 4. The van der Waals surface area contributed by atoms with Gasteiger partial charge in [-0.3, -0.25) is 9.58 Å². The Labute approximate surface area is 255 Å². The second-order valence-corrected chi connectivity index (χ2v) is 11.6. The number of rotatable bonds is 7. The van der Waals surface area contributed by atoms with Crippen LogP contribution >= 0.6 is 23.2 Å². The Balaban J connectivity index is 1.45. The van der Waals surface area contributed by atoms with Crippen LogP contribution in [0.3, 0.4) is 0 Å². The van der Waals surface area contributed by atoms with Crippen LogP contribution in [0, 0.1) is 11.6 Å². The number of piperazine rings is 1. The van der Waals surface area contributed by atoms with E-state index in [2.05, 4.69) is 20.4 Å². The van der Waals surface area contributed by atoms with E-state index < -0.39 is 34.4 Å². The van der Waals surface area contributed by atoms with Crippen LogP contribution in [0.2, 0.25) is 10.3 Å². The van der Waals surface area contributed by atoms with E-state index in [-0.39, 0.29) is 51.5 Å². The lowest BCUT2D eigenvalue weighted by Gasteiger charge is -2.42. The summed E-state index contributed by atoms with van der Waals surface area (Å²) in [4.78, 5) is 22.6. The minimum atomic E-state index is -1.01. The Morgan fingerprint density at radius 2 is 2.02 bits per heavy atom. The molecular formula is C29H30Cl2F2N6O4. The zero-order valence-electron chi connectivity index (χ0n) is 23.7. The number of halogens is 4. The van der Waals surface area contributed by atoms with Crippen LogP contribution in [0.15, 0.2) is 18.3 Å². The number of aryl methyl sites for hydroxylation is 1. The van der Waals surface area contributed by atoms with Crippen LogP contribution in [-0.2, 0) is 11.8 Å². The van der Waals surface area contributed by atoms with Crippen LogP contribution in [-0.4, -0.2) is 73.2 Å². The number of nitrogens with zero attached hydrogens (tertiary/aromatic N) is 5. The van der Waals surface area contributed by atoms with Crippen LogP contribution < -0.4 is 10.1 Å². The van der Waals surface area contributed by atoms with Crippen LogP contribution in [0.25, 0.3) is 32.9 Å². The van der Waals surface area contributed by atoms with Crippen molar-refractivity contribution in [1.82, 2.24) is 30.0 Å². The first kappa shape index (κ1) is 29.6. The summed E-state index contributed by atoms with van der Waals surface area (Å²) in [5.74, 6) is -2.56. The van der Waals surface area contributed by atoms with E-state index in [4.69, 9.17) is 32.7 Å². The van der Waals surface area contributed by atoms with Gasteiger partial charge in [-0.2, -0.15) is 10.1 Å². The number of ether oxygens (including phenoxy) is 2. The maximum absolute atomic E-state index is 16.3. The Bertz CT molecular complexity index is 1740. The summed E-state index contributed by atoms with van der Waals surface area (Å²) >= 11 is 12.9. The summed E-state index contributed by atoms with van der Waals surface area (Å²) in [6.45, 7) is 4.67. The number of hydrogen-bond donors (Lipinski definition) is 2. The summed E-state index contributed by atoms with van der Waals surface area (Å²) in [5, 5.41) is 18.1. The molecule has 2 bridgehead atoms. The maximum Gasteiger partial charge on any atom is 0.410 e. The van der Waals surface area contributed by atoms with Gasteiger partial charge in [-0.15, -0.1) is 0 Å². The lowest BCUT2D eigenvalue weighted by molar-refractivity contribution is 0.0380. The molecule has 0 saturated carbocycles. The summed E-state index contributed by atoms with van der Waals surface area (Å²) in [5.41, 5.74) is -0.567. The number of nitrogens with one attached hydrogen (secondary N) is 1. The standard InChI is InChI=1S/C29H30Cl2F2N6O4/c1-4-5-10-42-29(41)39-15-7-9-17(39)23(34-12-15)13(2)43-26-20-24(36-28(31)37-27(20)40)22(33)19(21(26)30)18-16(32)8-6-14-11-35-38(3)25(14)18/h6,8,11,13,15,17,23,34H,4-5,7,9-10,12H2,1-3H3,(H,36,37,40)/t13-,15+,17-,23+/m0/s1. The number of carbonyl (C=O) groups is 1. The van der Waals surface area contributed by atoms with Crippen LogP contribution in [0.1, 0.15) is 39.5 Å². The second kappa shape index (κ2) is 11.5. The molecule has 4 aromatic rings. The van der Waals surface area contributed by atoms with Crippen molar-refractivity contribution in [3.8, 4) is 22.8 Å². The molecule has 2 N–H and O–H groups in total. The normalized spacial score (nSPS) is 20.6. The van der Waals surface area contributed by atoms with Gasteiger partial charge in [0.05, 0.1) is 35.4 Å². The van der Waals surface area contributed by atoms with Gasteiger partial charge >= 0.3 is 6.09 Å². The van der Waals surface area contributed by atoms with E-state index in [1.807, 2.05) is 6.92 Å². The molecule has 2 saturated heterocycles. The highest BCUT2D eigenvalue weighted by atomic mass is 35.5. The predicted octanol–water partition coefficient (Wildman–Crippen LogP) is 5.98. The number of aromatic nitrogens is 4. The molecule has 228 valence electrons. The van der Waals surface area contributed by atoms with Crippen molar-refractivity contribution in [2.24, 2.45) is 7.05 Å². The topological polar surface area (TPSA) is 115 Å². The first-order valence-corrected chi connectivity index (χ1v) is 14.9. The highest BCUT2D eigenvalue weighted by Gasteiger charge is 2.48. The van der Waals surface area contributed by atoms with Crippen molar-refractivity contribution in [2.75, 3.05) is 13.2 Å². The van der Waals surface area contributed by atoms with E-state index in [0.29, 0.717) is 24.1 Å².